The van der Waals surface area contributed by atoms with E-state index >= 15 is 0 Å². The van der Waals surface area contributed by atoms with E-state index in [1.807, 2.05) is 7.05 Å². The Balaban J connectivity index is 2.39. The van der Waals surface area contributed by atoms with Gasteiger partial charge in [0.25, 0.3) is 0 Å². The monoisotopic (exact) mass is 245 g/mol. The van der Waals surface area contributed by atoms with Gasteiger partial charge in [0.1, 0.15) is 0 Å². The van der Waals surface area contributed by atoms with E-state index < -0.39 is 0 Å². The fraction of sp³-hybridized carbons (Fsp3) is 0.111. The van der Waals surface area contributed by atoms with Crippen LogP contribution in [0.15, 0.2) is 54.6 Å². The molecule has 3 aromatic carbocycles. The van der Waals surface area contributed by atoms with Gasteiger partial charge in [0.05, 0.1) is 6.54 Å². The quantitative estimate of drug-likeness (QED) is 0.486. The zero-order chi connectivity index (χ0) is 13.2. The molecule has 0 amide bonds. The molecule has 0 aliphatic heterocycles. The summed E-state index contributed by atoms with van der Waals surface area (Å²) in [6.45, 7) is 0.613. The minimum Gasteiger partial charge on any atom is -0.363 e. The molecule has 3 rings (SSSR count). The largest absolute Gasteiger partial charge is 0.363 e. The molecule has 0 N–H and O–H groups in total. The fourth-order valence-corrected chi connectivity index (χ4v) is 2.57. The number of rotatable bonds is 2. The second-order valence-corrected chi connectivity index (χ2v) is 4.72. The fourth-order valence-electron chi connectivity index (χ4n) is 2.57. The normalized spacial score (nSPS) is 10.5. The lowest BCUT2D eigenvalue weighted by atomic mass is 10.00. The summed E-state index contributed by atoms with van der Waals surface area (Å²) in [4.78, 5) is 2.12. The smallest absolute Gasteiger partial charge is 0.0788 e. The first-order valence-corrected chi connectivity index (χ1v) is 6.36. The molecule has 0 spiro atoms. The van der Waals surface area contributed by atoms with Crippen molar-refractivity contribution in [1.82, 2.24) is 0 Å². The van der Waals surface area contributed by atoms with Gasteiger partial charge < -0.3 is 4.90 Å². The van der Waals surface area contributed by atoms with E-state index in [0.29, 0.717) is 6.54 Å². The van der Waals surface area contributed by atoms with Gasteiger partial charge in [0, 0.05) is 18.1 Å². The highest BCUT2D eigenvalue weighted by molar-refractivity contribution is 6.13. The van der Waals surface area contributed by atoms with Crippen molar-refractivity contribution in [2.45, 2.75) is 0 Å². The molecule has 1 heteroatoms. The highest BCUT2D eigenvalue weighted by Crippen LogP contribution is 2.33. The maximum atomic E-state index is 5.43. The molecule has 0 aromatic heterocycles. The highest BCUT2D eigenvalue weighted by atomic mass is 15.1. The minimum absolute atomic E-state index is 0.613. The third-order valence-corrected chi connectivity index (χ3v) is 3.49. The average Bonchev–Trinajstić information content (AvgIpc) is 2.46. The molecule has 3 aromatic rings. The van der Waals surface area contributed by atoms with E-state index in [9.17, 15) is 0 Å². The average molecular weight is 245 g/mol. The van der Waals surface area contributed by atoms with Crippen LogP contribution in [0.3, 0.4) is 0 Å². The molecule has 92 valence electrons. The van der Waals surface area contributed by atoms with Crippen molar-refractivity contribution in [3.8, 4) is 12.3 Å². The maximum absolute atomic E-state index is 5.43. The van der Waals surface area contributed by atoms with Crippen molar-refractivity contribution < 1.29 is 0 Å². The number of hydrogen-bond acceptors (Lipinski definition) is 1. The predicted octanol–water partition coefficient (Wildman–Crippen LogP) is 4.06. The molecule has 0 heterocycles. The molecule has 0 unspecified atom stereocenters. The van der Waals surface area contributed by atoms with Gasteiger partial charge in [0.15, 0.2) is 0 Å². The lowest BCUT2D eigenvalue weighted by molar-refractivity contribution is 1.06. The molecule has 0 aliphatic carbocycles. The van der Waals surface area contributed by atoms with Crippen LogP contribution in [-0.2, 0) is 0 Å². The molecule has 0 bridgehead atoms. The number of fused-ring (bicyclic) bond motifs is 3. The summed E-state index contributed by atoms with van der Waals surface area (Å²) in [6.07, 6.45) is 5.43. The maximum Gasteiger partial charge on any atom is 0.0788 e. The van der Waals surface area contributed by atoms with E-state index in [-0.39, 0.29) is 0 Å². The molecule has 0 saturated carbocycles. The second-order valence-electron chi connectivity index (χ2n) is 4.72. The lowest BCUT2D eigenvalue weighted by Crippen LogP contribution is -2.17. The SMILES string of the molecule is C#CCN(C)c1cc2ccccc2c2ccccc12. The number of terminal acetylenes is 1. The van der Waals surface area contributed by atoms with Gasteiger partial charge in [-0.3, -0.25) is 0 Å². The first kappa shape index (κ1) is 11.6. The Morgan fingerprint density at radius 2 is 1.58 bits per heavy atom. The van der Waals surface area contributed by atoms with Gasteiger partial charge in [-0.2, -0.15) is 0 Å². The second kappa shape index (κ2) is 4.66. The number of hydrogen-bond donors (Lipinski definition) is 0. The molecular weight excluding hydrogens is 230 g/mol. The summed E-state index contributed by atoms with van der Waals surface area (Å²) >= 11 is 0. The zero-order valence-electron chi connectivity index (χ0n) is 10.9. The van der Waals surface area contributed by atoms with Crippen molar-refractivity contribution in [2.75, 3.05) is 18.5 Å². The predicted molar refractivity (Wildman–Crippen MR) is 83.6 cm³/mol. The van der Waals surface area contributed by atoms with Crippen LogP contribution in [0.2, 0.25) is 0 Å². The minimum atomic E-state index is 0.613. The molecule has 0 radical (unpaired) electrons. The standard InChI is InChI=1S/C18H15N/c1-3-12-19(2)18-13-14-8-4-5-9-15(14)16-10-6-7-11-17(16)18/h1,4-11,13H,12H2,2H3. The van der Waals surface area contributed by atoms with Crippen molar-refractivity contribution in [3.63, 3.8) is 0 Å². The summed E-state index contributed by atoms with van der Waals surface area (Å²) in [7, 11) is 2.04. The third-order valence-electron chi connectivity index (χ3n) is 3.49. The lowest BCUT2D eigenvalue weighted by Gasteiger charge is -2.20. The number of nitrogens with zero attached hydrogens (tertiary/aromatic N) is 1. The molecule has 0 aliphatic rings. The Hall–Kier alpha value is -2.46. The third kappa shape index (κ3) is 1.92. The van der Waals surface area contributed by atoms with E-state index in [0.717, 1.165) is 0 Å². The zero-order valence-corrected chi connectivity index (χ0v) is 10.9. The summed E-state index contributed by atoms with van der Waals surface area (Å²) in [6, 6.07) is 19.2. The van der Waals surface area contributed by atoms with Gasteiger partial charge in [-0.05, 0) is 22.2 Å². The van der Waals surface area contributed by atoms with Crippen LogP contribution >= 0.6 is 0 Å². The topological polar surface area (TPSA) is 3.24 Å². The van der Waals surface area contributed by atoms with Gasteiger partial charge >= 0.3 is 0 Å². The summed E-state index contributed by atoms with van der Waals surface area (Å²) < 4.78 is 0. The van der Waals surface area contributed by atoms with Crippen molar-refractivity contribution in [2.24, 2.45) is 0 Å². The van der Waals surface area contributed by atoms with Crippen LogP contribution in [0.5, 0.6) is 0 Å². The summed E-state index contributed by atoms with van der Waals surface area (Å²) in [5.74, 6) is 2.70. The molecule has 19 heavy (non-hydrogen) atoms. The van der Waals surface area contributed by atoms with Crippen molar-refractivity contribution in [3.05, 3.63) is 54.6 Å². The van der Waals surface area contributed by atoms with E-state index in [4.69, 9.17) is 6.42 Å². The number of benzene rings is 3. The van der Waals surface area contributed by atoms with Crippen molar-refractivity contribution >= 4 is 27.2 Å². The Bertz CT molecular complexity index is 780. The van der Waals surface area contributed by atoms with E-state index in [2.05, 4.69) is 65.4 Å². The van der Waals surface area contributed by atoms with Crippen LogP contribution in [0.25, 0.3) is 21.5 Å². The Morgan fingerprint density at radius 3 is 2.32 bits per heavy atom. The van der Waals surface area contributed by atoms with Crippen molar-refractivity contribution in [1.29, 1.82) is 0 Å². The Kier molecular flexibility index (Phi) is 2.85. The molecule has 0 fully saturated rings. The summed E-state index contributed by atoms with van der Waals surface area (Å²) in [5, 5.41) is 5.06. The van der Waals surface area contributed by atoms with Crippen LogP contribution in [-0.4, -0.2) is 13.6 Å². The van der Waals surface area contributed by atoms with Gasteiger partial charge in [-0.15, -0.1) is 6.42 Å². The van der Waals surface area contributed by atoms with Crippen LogP contribution in [0.4, 0.5) is 5.69 Å². The van der Waals surface area contributed by atoms with E-state index in [1.165, 1.54) is 27.2 Å². The van der Waals surface area contributed by atoms with Gasteiger partial charge in [0.2, 0.25) is 0 Å². The van der Waals surface area contributed by atoms with Gasteiger partial charge in [-0.1, -0.05) is 54.5 Å². The van der Waals surface area contributed by atoms with Crippen LogP contribution < -0.4 is 4.90 Å². The molecule has 0 atom stereocenters. The highest BCUT2D eigenvalue weighted by Gasteiger charge is 2.08. The Labute approximate surface area is 113 Å². The summed E-state index contributed by atoms with van der Waals surface area (Å²) in [5.41, 5.74) is 1.19. The first-order chi connectivity index (χ1) is 9.31. The first-order valence-electron chi connectivity index (χ1n) is 6.36. The van der Waals surface area contributed by atoms with Crippen LogP contribution in [0.1, 0.15) is 0 Å². The number of anilines is 1. The van der Waals surface area contributed by atoms with Crippen LogP contribution in [0, 0.1) is 12.3 Å². The van der Waals surface area contributed by atoms with Gasteiger partial charge in [-0.25, -0.2) is 0 Å². The van der Waals surface area contributed by atoms with E-state index in [1.54, 1.807) is 0 Å². The molecular formula is C18H15N. The Morgan fingerprint density at radius 1 is 0.947 bits per heavy atom. The molecule has 1 nitrogen and oxygen atoms in total. The molecule has 0 saturated heterocycles.